The Morgan fingerprint density at radius 3 is 3.00 bits per heavy atom. The summed E-state index contributed by atoms with van der Waals surface area (Å²) in [7, 11) is 0. The van der Waals surface area contributed by atoms with Gasteiger partial charge >= 0.3 is 0 Å². The summed E-state index contributed by atoms with van der Waals surface area (Å²) in [4.78, 5) is 0. The van der Waals surface area contributed by atoms with Gasteiger partial charge in [0, 0.05) is 30.8 Å². The molecular formula is C16H22N2S. The van der Waals surface area contributed by atoms with Gasteiger partial charge in [0.15, 0.2) is 0 Å². The van der Waals surface area contributed by atoms with Gasteiger partial charge in [0.05, 0.1) is 0 Å². The molecule has 19 heavy (non-hydrogen) atoms. The quantitative estimate of drug-likeness (QED) is 0.776. The summed E-state index contributed by atoms with van der Waals surface area (Å²) >= 11 is 1.93. The fourth-order valence-corrected chi connectivity index (χ4v) is 2.88. The first-order valence-corrected chi connectivity index (χ1v) is 8.56. The minimum atomic E-state index is 0.782. The van der Waals surface area contributed by atoms with E-state index in [2.05, 4.69) is 46.6 Å². The third-order valence-electron chi connectivity index (χ3n) is 3.76. The molecule has 1 saturated carbocycles. The lowest BCUT2D eigenvalue weighted by atomic mass is 10.1. The molecule has 0 spiro atoms. The Bertz CT molecular complexity index is 543. The predicted octanol–water partition coefficient (Wildman–Crippen LogP) is 3.65. The fraction of sp³-hybridized carbons (Fsp3) is 0.500. The number of benzene rings is 1. The third kappa shape index (κ3) is 3.34. The van der Waals surface area contributed by atoms with Crippen molar-refractivity contribution in [3.63, 3.8) is 0 Å². The molecule has 0 radical (unpaired) electrons. The van der Waals surface area contributed by atoms with Crippen LogP contribution in [-0.4, -0.2) is 22.6 Å². The molecule has 0 amide bonds. The number of nitrogens with one attached hydrogen (secondary N) is 1. The van der Waals surface area contributed by atoms with Gasteiger partial charge < -0.3 is 9.88 Å². The van der Waals surface area contributed by atoms with Crippen LogP contribution in [0.3, 0.4) is 0 Å². The first kappa shape index (κ1) is 13.1. The van der Waals surface area contributed by atoms with Gasteiger partial charge in [0.2, 0.25) is 0 Å². The Hall–Kier alpha value is -0.930. The van der Waals surface area contributed by atoms with E-state index in [1.165, 1.54) is 41.5 Å². The van der Waals surface area contributed by atoms with Crippen LogP contribution in [0, 0.1) is 0 Å². The highest BCUT2D eigenvalue weighted by atomic mass is 32.2. The predicted molar refractivity (Wildman–Crippen MR) is 84.8 cm³/mol. The molecule has 2 nitrogen and oxygen atoms in total. The van der Waals surface area contributed by atoms with Crippen LogP contribution in [0.2, 0.25) is 0 Å². The summed E-state index contributed by atoms with van der Waals surface area (Å²) < 4.78 is 2.40. The fourth-order valence-electron chi connectivity index (χ4n) is 2.46. The molecule has 1 aliphatic carbocycles. The van der Waals surface area contributed by atoms with E-state index in [0.29, 0.717) is 0 Å². The van der Waals surface area contributed by atoms with Crippen LogP contribution < -0.4 is 5.32 Å². The van der Waals surface area contributed by atoms with Crippen LogP contribution in [0.15, 0.2) is 30.5 Å². The highest BCUT2D eigenvalue weighted by Crippen LogP contribution is 2.21. The Balaban J connectivity index is 1.72. The zero-order chi connectivity index (χ0) is 13.1. The lowest BCUT2D eigenvalue weighted by molar-refractivity contribution is 0.686. The van der Waals surface area contributed by atoms with E-state index in [9.17, 15) is 0 Å². The van der Waals surface area contributed by atoms with Gasteiger partial charge in [-0.25, -0.2) is 0 Å². The van der Waals surface area contributed by atoms with E-state index >= 15 is 0 Å². The largest absolute Gasteiger partial charge is 0.347 e. The van der Waals surface area contributed by atoms with E-state index in [1.807, 2.05) is 11.8 Å². The van der Waals surface area contributed by atoms with Gasteiger partial charge in [-0.05, 0) is 54.4 Å². The molecule has 1 N–H and O–H groups in total. The lowest BCUT2D eigenvalue weighted by Gasteiger charge is -2.07. The second kappa shape index (κ2) is 6.02. The van der Waals surface area contributed by atoms with Gasteiger partial charge in [-0.2, -0.15) is 11.8 Å². The highest BCUT2D eigenvalue weighted by Gasteiger charge is 2.19. The van der Waals surface area contributed by atoms with Crippen LogP contribution in [0.5, 0.6) is 0 Å². The highest BCUT2D eigenvalue weighted by molar-refractivity contribution is 7.98. The Kier molecular flexibility index (Phi) is 4.14. The molecule has 3 rings (SSSR count). The number of aryl methyl sites for hydroxylation is 1. The van der Waals surface area contributed by atoms with Gasteiger partial charge in [0.1, 0.15) is 0 Å². The number of rotatable bonds is 7. The normalized spacial score (nSPS) is 15.2. The molecule has 0 atom stereocenters. The Labute approximate surface area is 119 Å². The van der Waals surface area contributed by atoms with Crippen LogP contribution in [0.4, 0.5) is 0 Å². The minimum Gasteiger partial charge on any atom is -0.347 e. The topological polar surface area (TPSA) is 17.0 Å². The number of thioether (sulfide) groups is 1. The molecule has 1 aromatic carbocycles. The first-order valence-electron chi connectivity index (χ1n) is 7.17. The average Bonchev–Trinajstić information content (AvgIpc) is 3.18. The van der Waals surface area contributed by atoms with Crippen molar-refractivity contribution >= 4 is 22.7 Å². The summed E-state index contributed by atoms with van der Waals surface area (Å²) in [5.74, 6) is 1.24. The van der Waals surface area contributed by atoms with Crippen molar-refractivity contribution in [3.05, 3.63) is 36.0 Å². The number of aromatic nitrogens is 1. The maximum atomic E-state index is 3.59. The average molecular weight is 274 g/mol. The van der Waals surface area contributed by atoms with E-state index in [0.717, 1.165) is 19.1 Å². The van der Waals surface area contributed by atoms with Crippen molar-refractivity contribution in [2.24, 2.45) is 0 Å². The molecule has 0 saturated heterocycles. The summed E-state index contributed by atoms with van der Waals surface area (Å²) in [5.41, 5.74) is 2.79. The zero-order valence-electron chi connectivity index (χ0n) is 11.6. The van der Waals surface area contributed by atoms with Gasteiger partial charge in [-0.1, -0.05) is 12.1 Å². The monoisotopic (exact) mass is 274 g/mol. The van der Waals surface area contributed by atoms with Crippen LogP contribution in [-0.2, 0) is 13.1 Å². The molecule has 0 bridgehead atoms. The third-order valence-corrected chi connectivity index (χ3v) is 4.45. The van der Waals surface area contributed by atoms with E-state index in [1.54, 1.807) is 0 Å². The maximum absolute atomic E-state index is 3.59. The summed E-state index contributed by atoms with van der Waals surface area (Å²) in [5, 5.41) is 4.95. The number of nitrogens with zero attached hydrogens (tertiary/aromatic N) is 1. The number of hydrogen-bond donors (Lipinski definition) is 1. The summed E-state index contributed by atoms with van der Waals surface area (Å²) in [6.45, 7) is 2.14. The van der Waals surface area contributed by atoms with Crippen molar-refractivity contribution in [1.82, 2.24) is 9.88 Å². The van der Waals surface area contributed by atoms with Gasteiger partial charge in [-0.3, -0.25) is 0 Å². The lowest BCUT2D eigenvalue weighted by Crippen LogP contribution is -2.15. The minimum absolute atomic E-state index is 0.782. The molecule has 0 aliphatic heterocycles. The van der Waals surface area contributed by atoms with Crippen LogP contribution in [0.25, 0.3) is 10.9 Å². The van der Waals surface area contributed by atoms with E-state index in [4.69, 9.17) is 0 Å². The van der Waals surface area contributed by atoms with Gasteiger partial charge in [0.25, 0.3) is 0 Å². The molecular weight excluding hydrogens is 252 g/mol. The number of hydrogen-bond acceptors (Lipinski definition) is 2. The molecule has 1 heterocycles. The van der Waals surface area contributed by atoms with Crippen molar-refractivity contribution in [2.45, 2.75) is 38.4 Å². The standard InChI is InChI=1S/C16H22N2S/c1-19-10-2-8-18-9-7-14-4-3-13(11-16(14)18)12-17-15-5-6-15/h3-4,7,9,11,15,17H,2,5-6,8,10,12H2,1H3. The molecule has 1 aromatic heterocycles. The van der Waals surface area contributed by atoms with Crippen LogP contribution in [0.1, 0.15) is 24.8 Å². The maximum Gasteiger partial charge on any atom is 0.0483 e. The van der Waals surface area contributed by atoms with Crippen LogP contribution >= 0.6 is 11.8 Å². The van der Waals surface area contributed by atoms with Crippen molar-refractivity contribution < 1.29 is 0 Å². The van der Waals surface area contributed by atoms with Crippen molar-refractivity contribution in [1.29, 1.82) is 0 Å². The molecule has 2 aromatic rings. The molecule has 0 unspecified atom stereocenters. The Morgan fingerprint density at radius 1 is 1.32 bits per heavy atom. The molecule has 3 heteroatoms. The Morgan fingerprint density at radius 2 is 2.21 bits per heavy atom. The SMILES string of the molecule is CSCCCn1ccc2ccc(CNC3CC3)cc21. The smallest absolute Gasteiger partial charge is 0.0483 e. The second-order valence-corrected chi connectivity index (χ2v) is 6.39. The van der Waals surface area contributed by atoms with E-state index in [-0.39, 0.29) is 0 Å². The molecule has 102 valence electrons. The zero-order valence-corrected chi connectivity index (χ0v) is 12.4. The van der Waals surface area contributed by atoms with Crippen molar-refractivity contribution in [2.75, 3.05) is 12.0 Å². The summed E-state index contributed by atoms with van der Waals surface area (Å²) in [6, 6.07) is 9.87. The summed E-state index contributed by atoms with van der Waals surface area (Å²) in [6.07, 6.45) is 8.36. The van der Waals surface area contributed by atoms with E-state index < -0.39 is 0 Å². The van der Waals surface area contributed by atoms with Gasteiger partial charge in [-0.15, -0.1) is 0 Å². The molecule has 1 fully saturated rings. The second-order valence-electron chi connectivity index (χ2n) is 5.40. The van der Waals surface area contributed by atoms with Crippen molar-refractivity contribution in [3.8, 4) is 0 Å². The first-order chi connectivity index (χ1) is 9.36. The number of fused-ring (bicyclic) bond motifs is 1. The molecule has 1 aliphatic rings.